The maximum atomic E-state index is 5.54. The molecule has 0 radical (unpaired) electrons. The molecule has 1 saturated heterocycles. The van der Waals surface area contributed by atoms with E-state index >= 15 is 0 Å². The second-order valence-electron chi connectivity index (χ2n) is 6.10. The SMILES string of the molecule is COc1cc(N2CCN([C@@H](C)c3ccco3)CC2)cc(OC)c1OC. The first-order chi connectivity index (χ1) is 12.2. The van der Waals surface area contributed by atoms with Gasteiger partial charge in [0, 0.05) is 44.0 Å². The van der Waals surface area contributed by atoms with Crippen LogP contribution in [0.3, 0.4) is 0 Å². The molecule has 3 rings (SSSR count). The fourth-order valence-electron chi connectivity index (χ4n) is 3.33. The summed E-state index contributed by atoms with van der Waals surface area (Å²) in [4.78, 5) is 4.78. The van der Waals surface area contributed by atoms with Gasteiger partial charge in [-0.25, -0.2) is 0 Å². The van der Waals surface area contributed by atoms with E-state index in [2.05, 4.69) is 16.7 Å². The summed E-state index contributed by atoms with van der Waals surface area (Å²) in [6.07, 6.45) is 1.73. The summed E-state index contributed by atoms with van der Waals surface area (Å²) >= 11 is 0. The zero-order valence-corrected chi connectivity index (χ0v) is 15.3. The first-order valence-corrected chi connectivity index (χ1v) is 8.50. The number of piperazine rings is 1. The van der Waals surface area contributed by atoms with Gasteiger partial charge >= 0.3 is 0 Å². The highest BCUT2D eigenvalue weighted by Gasteiger charge is 2.25. The summed E-state index contributed by atoms with van der Waals surface area (Å²) in [5, 5.41) is 0. The third-order valence-corrected chi connectivity index (χ3v) is 4.83. The Morgan fingerprint density at radius 2 is 1.60 bits per heavy atom. The van der Waals surface area contributed by atoms with E-state index in [1.54, 1.807) is 27.6 Å². The van der Waals surface area contributed by atoms with Crippen molar-refractivity contribution in [3.8, 4) is 17.2 Å². The van der Waals surface area contributed by atoms with Crippen molar-refractivity contribution in [3.05, 3.63) is 36.3 Å². The Morgan fingerprint density at radius 3 is 2.08 bits per heavy atom. The van der Waals surface area contributed by atoms with Gasteiger partial charge in [0.05, 0.1) is 33.6 Å². The van der Waals surface area contributed by atoms with Crippen molar-refractivity contribution in [1.29, 1.82) is 0 Å². The lowest BCUT2D eigenvalue weighted by Gasteiger charge is -2.38. The molecule has 0 amide bonds. The van der Waals surface area contributed by atoms with Gasteiger partial charge in [-0.2, -0.15) is 0 Å². The molecule has 0 bridgehead atoms. The lowest BCUT2D eigenvalue weighted by molar-refractivity contribution is 0.178. The van der Waals surface area contributed by atoms with Gasteiger partial charge in [0.1, 0.15) is 5.76 Å². The third kappa shape index (κ3) is 3.54. The van der Waals surface area contributed by atoms with Crippen LogP contribution in [0, 0.1) is 0 Å². The van der Waals surface area contributed by atoms with Crippen molar-refractivity contribution in [2.45, 2.75) is 13.0 Å². The van der Waals surface area contributed by atoms with Gasteiger partial charge in [0.2, 0.25) is 5.75 Å². The zero-order valence-electron chi connectivity index (χ0n) is 15.3. The Balaban J connectivity index is 1.72. The quantitative estimate of drug-likeness (QED) is 0.801. The molecule has 2 heterocycles. The van der Waals surface area contributed by atoms with Gasteiger partial charge < -0.3 is 23.5 Å². The molecule has 1 aromatic heterocycles. The molecule has 1 atom stereocenters. The van der Waals surface area contributed by atoms with Gasteiger partial charge in [-0.05, 0) is 19.1 Å². The predicted octanol–water partition coefficient (Wildman–Crippen LogP) is 3.19. The monoisotopic (exact) mass is 346 g/mol. The van der Waals surface area contributed by atoms with Crippen LogP contribution in [-0.4, -0.2) is 52.4 Å². The summed E-state index contributed by atoms with van der Waals surface area (Å²) in [6.45, 7) is 6.00. The molecule has 0 spiro atoms. The maximum absolute atomic E-state index is 5.54. The maximum Gasteiger partial charge on any atom is 0.203 e. The minimum Gasteiger partial charge on any atom is -0.493 e. The molecule has 136 valence electrons. The number of ether oxygens (including phenoxy) is 3. The van der Waals surface area contributed by atoms with E-state index in [1.165, 1.54) is 0 Å². The minimum atomic E-state index is 0.289. The molecule has 6 nitrogen and oxygen atoms in total. The fraction of sp³-hybridized carbons (Fsp3) is 0.474. The number of nitrogens with zero attached hydrogens (tertiary/aromatic N) is 2. The van der Waals surface area contributed by atoms with Crippen molar-refractivity contribution in [3.63, 3.8) is 0 Å². The number of hydrogen-bond acceptors (Lipinski definition) is 6. The normalized spacial score (nSPS) is 16.6. The van der Waals surface area contributed by atoms with E-state index in [0.717, 1.165) is 37.6 Å². The summed E-state index contributed by atoms with van der Waals surface area (Å²) in [7, 11) is 4.91. The van der Waals surface area contributed by atoms with Crippen LogP contribution in [0.2, 0.25) is 0 Å². The lowest BCUT2D eigenvalue weighted by atomic mass is 10.1. The van der Waals surface area contributed by atoms with Crippen LogP contribution in [0.25, 0.3) is 0 Å². The van der Waals surface area contributed by atoms with E-state index in [4.69, 9.17) is 18.6 Å². The van der Waals surface area contributed by atoms with Crippen molar-refractivity contribution in [2.75, 3.05) is 52.4 Å². The van der Waals surface area contributed by atoms with Crippen LogP contribution in [-0.2, 0) is 0 Å². The van der Waals surface area contributed by atoms with Crippen LogP contribution < -0.4 is 19.1 Å². The summed E-state index contributed by atoms with van der Waals surface area (Å²) in [6, 6.07) is 8.28. The molecule has 0 unspecified atom stereocenters. The Labute approximate surface area is 148 Å². The second kappa shape index (κ2) is 7.70. The molecule has 2 aromatic rings. The second-order valence-corrected chi connectivity index (χ2v) is 6.10. The molecule has 25 heavy (non-hydrogen) atoms. The highest BCUT2D eigenvalue weighted by atomic mass is 16.5. The zero-order chi connectivity index (χ0) is 17.8. The molecular weight excluding hydrogens is 320 g/mol. The van der Waals surface area contributed by atoms with E-state index in [1.807, 2.05) is 24.3 Å². The van der Waals surface area contributed by atoms with Crippen molar-refractivity contribution < 1.29 is 18.6 Å². The topological polar surface area (TPSA) is 47.3 Å². The van der Waals surface area contributed by atoms with Crippen LogP contribution >= 0.6 is 0 Å². The average Bonchev–Trinajstić information content (AvgIpc) is 3.21. The highest BCUT2D eigenvalue weighted by molar-refractivity contribution is 5.63. The number of furan rings is 1. The first-order valence-electron chi connectivity index (χ1n) is 8.50. The number of anilines is 1. The summed E-state index contributed by atoms with van der Waals surface area (Å²) < 4.78 is 21.9. The van der Waals surface area contributed by atoms with Gasteiger partial charge in [-0.1, -0.05) is 0 Å². The summed E-state index contributed by atoms with van der Waals surface area (Å²) in [5.41, 5.74) is 1.08. The van der Waals surface area contributed by atoms with E-state index < -0.39 is 0 Å². The van der Waals surface area contributed by atoms with Crippen molar-refractivity contribution in [1.82, 2.24) is 4.90 Å². The smallest absolute Gasteiger partial charge is 0.203 e. The van der Waals surface area contributed by atoms with Crippen LogP contribution in [0.5, 0.6) is 17.2 Å². The minimum absolute atomic E-state index is 0.289. The standard InChI is InChI=1S/C19H26N2O4/c1-14(16-6-5-11-25-16)20-7-9-21(10-8-20)15-12-17(22-2)19(24-4)18(13-15)23-3/h5-6,11-14H,7-10H2,1-4H3/t14-/m0/s1. The summed E-state index contributed by atoms with van der Waals surface area (Å²) in [5.74, 6) is 3.01. The Bertz CT molecular complexity index is 654. The third-order valence-electron chi connectivity index (χ3n) is 4.83. The Hall–Kier alpha value is -2.34. The van der Waals surface area contributed by atoms with E-state index in [-0.39, 0.29) is 6.04 Å². The average molecular weight is 346 g/mol. The molecule has 1 fully saturated rings. The number of hydrogen-bond donors (Lipinski definition) is 0. The molecule has 6 heteroatoms. The molecule has 1 aliphatic rings. The largest absolute Gasteiger partial charge is 0.493 e. The molecule has 0 aliphatic carbocycles. The predicted molar refractivity (Wildman–Crippen MR) is 97.0 cm³/mol. The lowest BCUT2D eigenvalue weighted by Crippen LogP contribution is -2.47. The highest BCUT2D eigenvalue weighted by Crippen LogP contribution is 2.41. The fourth-order valence-corrected chi connectivity index (χ4v) is 3.33. The number of benzene rings is 1. The van der Waals surface area contributed by atoms with Crippen molar-refractivity contribution in [2.24, 2.45) is 0 Å². The van der Waals surface area contributed by atoms with E-state index in [9.17, 15) is 0 Å². The first kappa shape index (κ1) is 17.5. The molecule has 1 aromatic carbocycles. The van der Waals surface area contributed by atoms with Gasteiger partial charge in [0.15, 0.2) is 11.5 Å². The van der Waals surface area contributed by atoms with Crippen molar-refractivity contribution >= 4 is 5.69 Å². The Morgan fingerprint density at radius 1 is 0.960 bits per heavy atom. The van der Waals surface area contributed by atoms with E-state index in [0.29, 0.717) is 17.2 Å². The Kier molecular flexibility index (Phi) is 5.38. The number of rotatable bonds is 6. The van der Waals surface area contributed by atoms with Gasteiger partial charge in [-0.3, -0.25) is 4.90 Å². The van der Waals surface area contributed by atoms with Gasteiger partial charge in [0.25, 0.3) is 0 Å². The van der Waals surface area contributed by atoms with Crippen LogP contribution in [0.15, 0.2) is 34.9 Å². The molecule has 1 aliphatic heterocycles. The van der Waals surface area contributed by atoms with Crippen LogP contribution in [0.4, 0.5) is 5.69 Å². The number of methoxy groups -OCH3 is 3. The molecule has 0 saturated carbocycles. The van der Waals surface area contributed by atoms with Gasteiger partial charge in [-0.15, -0.1) is 0 Å². The van der Waals surface area contributed by atoms with Crippen LogP contribution in [0.1, 0.15) is 18.7 Å². The molecular formula is C19H26N2O4. The molecule has 0 N–H and O–H groups in total.